The van der Waals surface area contributed by atoms with Gasteiger partial charge in [0.05, 0.1) is 17.0 Å². The molecule has 4 nitrogen and oxygen atoms in total. The van der Waals surface area contributed by atoms with Gasteiger partial charge in [-0.3, -0.25) is 9.78 Å². The predicted molar refractivity (Wildman–Crippen MR) is 95.2 cm³/mol. The van der Waals surface area contributed by atoms with Crippen molar-refractivity contribution < 1.29 is 4.79 Å². The average Bonchev–Trinajstić information content (AvgIpc) is 2.48. The van der Waals surface area contributed by atoms with Crippen LogP contribution in [0.5, 0.6) is 0 Å². The lowest BCUT2D eigenvalue weighted by Gasteiger charge is -2.09. The number of rotatable bonds is 5. The van der Waals surface area contributed by atoms with Crippen molar-refractivity contribution in [3.63, 3.8) is 0 Å². The van der Waals surface area contributed by atoms with Crippen LogP contribution in [0.25, 0.3) is 11.3 Å². The van der Waals surface area contributed by atoms with Crippen molar-refractivity contribution in [1.29, 1.82) is 0 Å². The number of nitrogens with zero attached hydrogens (tertiary/aromatic N) is 1. The zero-order valence-electron chi connectivity index (χ0n) is 12.6. The number of likely N-dealkylation sites (N-methyl/N-ethyl adjacent to an activating group) is 1. The van der Waals surface area contributed by atoms with Crippen molar-refractivity contribution in [1.82, 2.24) is 15.6 Å². The van der Waals surface area contributed by atoms with Crippen LogP contribution in [0, 0.1) is 6.92 Å². The van der Waals surface area contributed by atoms with Crippen molar-refractivity contribution in [2.24, 2.45) is 0 Å². The highest BCUT2D eigenvalue weighted by atomic mass is 35.5. The Morgan fingerprint density at radius 2 is 1.73 bits per heavy atom. The lowest BCUT2D eigenvalue weighted by atomic mass is 10.1. The van der Waals surface area contributed by atoms with Gasteiger partial charge in [-0.2, -0.15) is 0 Å². The fraction of sp³-hybridized carbons (Fsp3) is 0.250. The number of aromatic nitrogens is 1. The van der Waals surface area contributed by atoms with Crippen LogP contribution in [0.2, 0.25) is 0 Å². The Balaban J connectivity index is 0.00000220. The van der Waals surface area contributed by atoms with E-state index in [1.807, 2.05) is 56.4 Å². The van der Waals surface area contributed by atoms with Crippen LogP contribution in [0.1, 0.15) is 16.1 Å². The van der Waals surface area contributed by atoms with Gasteiger partial charge >= 0.3 is 0 Å². The molecule has 0 aliphatic carbocycles. The number of carbonyl (C=O) groups excluding carboxylic acids is 1. The number of amides is 1. The Hall–Kier alpha value is -1.62. The Bertz CT molecular complexity index is 591. The van der Waals surface area contributed by atoms with Gasteiger partial charge in [-0.1, -0.05) is 30.3 Å². The van der Waals surface area contributed by atoms with Crippen molar-refractivity contribution in [3.05, 3.63) is 53.7 Å². The van der Waals surface area contributed by atoms with E-state index in [1.54, 1.807) is 0 Å². The van der Waals surface area contributed by atoms with Crippen LogP contribution < -0.4 is 10.6 Å². The third kappa shape index (κ3) is 5.30. The summed E-state index contributed by atoms with van der Waals surface area (Å²) < 4.78 is 0. The normalized spacial score (nSPS) is 9.36. The number of benzene rings is 1. The summed E-state index contributed by atoms with van der Waals surface area (Å²) in [7, 11) is 1.85. The van der Waals surface area contributed by atoms with E-state index in [9.17, 15) is 4.79 Å². The van der Waals surface area contributed by atoms with E-state index in [0.29, 0.717) is 12.1 Å². The van der Waals surface area contributed by atoms with E-state index >= 15 is 0 Å². The molecule has 2 rings (SSSR count). The monoisotopic (exact) mass is 341 g/mol. The van der Waals surface area contributed by atoms with E-state index in [0.717, 1.165) is 23.5 Å². The fourth-order valence-corrected chi connectivity index (χ4v) is 1.97. The van der Waals surface area contributed by atoms with Crippen LogP contribution in [0.4, 0.5) is 0 Å². The number of hydrogen-bond acceptors (Lipinski definition) is 3. The third-order valence-corrected chi connectivity index (χ3v) is 3.06. The van der Waals surface area contributed by atoms with Gasteiger partial charge in [0.2, 0.25) is 0 Å². The summed E-state index contributed by atoms with van der Waals surface area (Å²) >= 11 is 0. The molecule has 0 bridgehead atoms. The van der Waals surface area contributed by atoms with E-state index in [-0.39, 0.29) is 30.7 Å². The van der Waals surface area contributed by atoms with Crippen molar-refractivity contribution >= 4 is 30.7 Å². The lowest BCUT2D eigenvalue weighted by molar-refractivity contribution is 0.0953. The molecule has 0 aliphatic heterocycles. The molecule has 0 saturated heterocycles. The molecule has 6 heteroatoms. The summed E-state index contributed by atoms with van der Waals surface area (Å²) in [5.41, 5.74) is 3.31. The molecular weight excluding hydrogens is 321 g/mol. The van der Waals surface area contributed by atoms with Gasteiger partial charge in [-0.15, -0.1) is 24.8 Å². The third-order valence-electron chi connectivity index (χ3n) is 3.06. The summed E-state index contributed by atoms with van der Waals surface area (Å²) in [5, 5.41) is 5.85. The van der Waals surface area contributed by atoms with E-state index < -0.39 is 0 Å². The fourth-order valence-electron chi connectivity index (χ4n) is 1.97. The first-order chi connectivity index (χ1) is 9.72. The minimum atomic E-state index is -0.0788. The first kappa shape index (κ1) is 20.4. The molecule has 1 aromatic carbocycles. The van der Waals surface area contributed by atoms with Gasteiger partial charge in [0.1, 0.15) is 0 Å². The molecular formula is C16H21Cl2N3O. The minimum Gasteiger partial charge on any atom is -0.351 e. The van der Waals surface area contributed by atoms with Gasteiger partial charge in [-0.05, 0) is 26.1 Å². The van der Waals surface area contributed by atoms with Gasteiger partial charge < -0.3 is 10.6 Å². The van der Waals surface area contributed by atoms with E-state index in [1.165, 1.54) is 0 Å². The molecule has 0 saturated carbocycles. The topological polar surface area (TPSA) is 54.0 Å². The quantitative estimate of drug-likeness (QED) is 0.822. The zero-order chi connectivity index (χ0) is 14.4. The van der Waals surface area contributed by atoms with Crippen molar-refractivity contribution in [3.8, 4) is 11.3 Å². The maximum absolute atomic E-state index is 12.0. The van der Waals surface area contributed by atoms with Crippen molar-refractivity contribution in [2.45, 2.75) is 6.92 Å². The standard InChI is InChI=1S/C16H19N3O.2ClH/c1-12-14(16(20)18-11-10-17-2)8-9-15(19-12)13-6-4-3-5-7-13;;/h3-9,17H,10-11H2,1-2H3,(H,18,20);2*1H. The molecule has 0 aliphatic rings. The van der Waals surface area contributed by atoms with Crippen LogP contribution in [-0.2, 0) is 0 Å². The Kier molecular flexibility index (Phi) is 9.42. The molecule has 22 heavy (non-hydrogen) atoms. The SMILES string of the molecule is CNCCNC(=O)c1ccc(-c2ccccc2)nc1C.Cl.Cl. The molecule has 0 radical (unpaired) electrons. The maximum Gasteiger partial charge on any atom is 0.253 e. The minimum absolute atomic E-state index is 0. The molecule has 0 spiro atoms. The number of nitrogens with one attached hydrogen (secondary N) is 2. The molecule has 1 heterocycles. The van der Waals surface area contributed by atoms with Gasteiger partial charge in [0, 0.05) is 18.7 Å². The van der Waals surface area contributed by atoms with E-state index in [2.05, 4.69) is 15.6 Å². The first-order valence-electron chi connectivity index (χ1n) is 6.68. The molecule has 0 fully saturated rings. The Morgan fingerprint density at radius 3 is 2.32 bits per heavy atom. The molecule has 0 unspecified atom stereocenters. The Labute approximate surface area is 143 Å². The summed E-state index contributed by atoms with van der Waals surface area (Å²) in [6.45, 7) is 3.22. The molecule has 120 valence electrons. The number of aryl methyl sites for hydroxylation is 1. The summed E-state index contributed by atoms with van der Waals surface area (Å²) in [6, 6.07) is 13.7. The highest BCUT2D eigenvalue weighted by Crippen LogP contribution is 2.18. The van der Waals surface area contributed by atoms with E-state index in [4.69, 9.17) is 0 Å². The molecule has 2 aromatic rings. The van der Waals surface area contributed by atoms with Crippen molar-refractivity contribution in [2.75, 3.05) is 20.1 Å². The second kappa shape index (κ2) is 10.2. The smallest absolute Gasteiger partial charge is 0.253 e. The molecule has 2 N–H and O–H groups in total. The highest BCUT2D eigenvalue weighted by molar-refractivity contribution is 5.95. The van der Waals surface area contributed by atoms with Gasteiger partial charge in [0.15, 0.2) is 0 Å². The van der Waals surface area contributed by atoms with Crippen LogP contribution in [0.3, 0.4) is 0 Å². The zero-order valence-corrected chi connectivity index (χ0v) is 14.3. The molecule has 1 amide bonds. The number of pyridine rings is 1. The van der Waals surface area contributed by atoms with Crippen LogP contribution in [0.15, 0.2) is 42.5 Å². The van der Waals surface area contributed by atoms with Gasteiger partial charge in [0.25, 0.3) is 5.91 Å². The second-order valence-corrected chi connectivity index (χ2v) is 4.55. The second-order valence-electron chi connectivity index (χ2n) is 4.55. The average molecular weight is 342 g/mol. The van der Waals surface area contributed by atoms with Crippen LogP contribution in [-0.4, -0.2) is 31.0 Å². The molecule has 0 atom stereocenters. The van der Waals surface area contributed by atoms with Crippen LogP contribution >= 0.6 is 24.8 Å². The predicted octanol–water partition coefficient (Wildman–Crippen LogP) is 2.85. The lowest BCUT2D eigenvalue weighted by Crippen LogP contribution is -2.31. The summed E-state index contributed by atoms with van der Waals surface area (Å²) in [4.78, 5) is 16.5. The number of hydrogen-bond donors (Lipinski definition) is 2. The number of carbonyl (C=O) groups is 1. The summed E-state index contributed by atoms with van der Waals surface area (Å²) in [5.74, 6) is -0.0788. The Morgan fingerprint density at radius 1 is 1.05 bits per heavy atom. The number of halogens is 2. The highest BCUT2D eigenvalue weighted by Gasteiger charge is 2.10. The largest absolute Gasteiger partial charge is 0.351 e. The van der Waals surface area contributed by atoms with Gasteiger partial charge in [-0.25, -0.2) is 0 Å². The maximum atomic E-state index is 12.0. The first-order valence-corrected chi connectivity index (χ1v) is 6.68. The summed E-state index contributed by atoms with van der Waals surface area (Å²) in [6.07, 6.45) is 0. The molecule has 1 aromatic heterocycles.